The van der Waals surface area contributed by atoms with Crippen LogP contribution in [-0.4, -0.2) is 27.2 Å². The van der Waals surface area contributed by atoms with Crippen LogP contribution in [0.3, 0.4) is 0 Å². The van der Waals surface area contributed by atoms with Crippen LogP contribution in [0, 0.1) is 0 Å². The summed E-state index contributed by atoms with van der Waals surface area (Å²) in [5, 5.41) is 2.58. The molecule has 1 amide bonds. The summed E-state index contributed by atoms with van der Waals surface area (Å²) in [6.45, 7) is 4.09. The van der Waals surface area contributed by atoms with Crippen molar-refractivity contribution < 1.29 is 17.9 Å². The van der Waals surface area contributed by atoms with Crippen molar-refractivity contribution in [2.75, 3.05) is 18.2 Å². The maximum atomic E-state index is 12.1. The molecule has 2 aromatic carbocycles. The molecule has 0 radical (unpaired) electrons. The molecule has 0 unspecified atom stereocenters. The van der Waals surface area contributed by atoms with Gasteiger partial charge in [0.1, 0.15) is 5.75 Å². The zero-order valence-electron chi connectivity index (χ0n) is 14.7. The molecule has 25 heavy (non-hydrogen) atoms. The fraction of sp³-hybridized carbons (Fsp3) is 0.316. The number of hydrogen-bond acceptors (Lipinski definition) is 4. The number of ether oxygens (including phenoxy) is 1. The third-order valence-electron chi connectivity index (χ3n) is 3.99. The molecule has 5 nitrogen and oxygen atoms in total. The monoisotopic (exact) mass is 361 g/mol. The summed E-state index contributed by atoms with van der Waals surface area (Å²) in [6.07, 6.45) is 2.16. The molecule has 2 aromatic rings. The van der Waals surface area contributed by atoms with Crippen LogP contribution in [0.1, 0.15) is 31.7 Å². The van der Waals surface area contributed by atoms with Gasteiger partial charge in [-0.15, -0.1) is 0 Å². The van der Waals surface area contributed by atoms with Gasteiger partial charge in [-0.3, -0.25) is 4.79 Å². The van der Waals surface area contributed by atoms with Gasteiger partial charge < -0.3 is 10.1 Å². The Morgan fingerprint density at radius 1 is 1.12 bits per heavy atom. The summed E-state index contributed by atoms with van der Waals surface area (Å²) in [5.74, 6) is 0.658. The summed E-state index contributed by atoms with van der Waals surface area (Å²) < 4.78 is 29.0. The van der Waals surface area contributed by atoms with Gasteiger partial charge in [-0.2, -0.15) is 0 Å². The molecule has 134 valence electrons. The molecule has 0 aliphatic carbocycles. The highest BCUT2D eigenvalue weighted by atomic mass is 32.2. The van der Waals surface area contributed by atoms with E-state index in [4.69, 9.17) is 4.74 Å². The van der Waals surface area contributed by atoms with Crippen molar-refractivity contribution in [2.45, 2.75) is 31.1 Å². The predicted molar refractivity (Wildman–Crippen MR) is 98.8 cm³/mol. The van der Waals surface area contributed by atoms with Gasteiger partial charge >= 0.3 is 0 Å². The van der Waals surface area contributed by atoms with Crippen molar-refractivity contribution in [1.82, 2.24) is 0 Å². The molecule has 0 saturated heterocycles. The minimum absolute atomic E-state index is 0.0845. The van der Waals surface area contributed by atoms with Crippen LogP contribution in [0.4, 0.5) is 5.69 Å². The molecule has 1 N–H and O–H groups in total. The predicted octanol–water partition coefficient (Wildman–Crippen LogP) is 3.62. The molecular formula is C19H23NO4S. The Morgan fingerprint density at radius 2 is 1.76 bits per heavy atom. The number of carbonyl (C=O) groups is 1. The summed E-state index contributed by atoms with van der Waals surface area (Å²) in [4.78, 5) is 12.1. The SMILES string of the molecule is CC[C@H](C)c1ccc(OCC(=O)Nc2ccccc2S(C)(=O)=O)cc1. The molecule has 0 aliphatic rings. The van der Waals surface area contributed by atoms with Crippen LogP contribution in [-0.2, 0) is 14.6 Å². The van der Waals surface area contributed by atoms with E-state index in [1.165, 1.54) is 11.6 Å². The second kappa shape index (κ2) is 8.16. The van der Waals surface area contributed by atoms with E-state index in [1.54, 1.807) is 18.2 Å². The summed E-state index contributed by atoms with van der Waals surface area (Å²) >= 11 is 0. The molecule has 1 atom stereocenters. The van der Waals surface area contributed by atoms with Gasteiger partial charge in [-0.1, -0.05) is 38.1 Å². The first-order chi connectivity index (χ1) is 11.8. The second-order valence-electron chi connectivity index (χ2n) is 5.98. The third kappa shape index (κ3) is 5.32. The first kappa shape index (κ1) is 19.0. The summed E-state index contributed by atoms with van der Waals surface area (Å²) in [5.41, 5.74) is 1.48. The van der Waals surface area contributed by atoms with Gasteiger partial charge in [0.15, 0.2) is 16.4 Å². The highest BCUT2D eigenvalue weighted by Gasteiger charge is 2.14. The number of anilines is 1. The quantitative estimate of drug-likeness (QED) is 0.817. The standard InChI is InChI=1S/C19H23NO4S/c1-4-14(2)15-9-11-16(12-10-15)24-13-19(21)20-17-7-5-6-8-18(17)25(3,22)23/h5-12,14H,4,13H2,1-3H3,(H,20,21)/t14-/m0/s1. The lowest BCUT2D eigenvalue weighted by molar-refractivity contribution is -0.118. The molecule has 2 rings (SSSR count). The van der Waals surface area contributed by atoms with Crippen molar-refractivity contribution in [3.05, 3.63) is 54.1 Å². The minimum atomic E-state index is -3.42. The third-order valence-corrected chi connectivity index (χ3v) is 5.15. The van der Waals surface area contributed by atoms with Gasteiger partial charge in [-0.25, -0.2) is 8.42 Å². The molecule has 0 aromatic heterocycles. The van der Waals surface area contributed by atoms with E-state index < -0.39 is 15.7 Å². The van der Waals surface area contributed by atoms with Crippen molar-refractivity contribution >= 4 is 21.4 Å². The first-order valence-corrected chi connectivity index (χ1v) is 10.0. The van der Waals surface area contributed by atoms with E-state index in [2.05, 4.69) is 19.2 Å². The topological polar surface area (TPSA) is 72.5 Å². The smallest absolute Gasteiger partial charge is 0.262 e. The fourth-order valence-electron chi connectivity index (χ4n) is 2.36. The molecule has 0 fully saturated rings. The lowest BCUT2D eigenvalue weighted by Crippen LogP contribution is -2.21. The number of para-hydroxylation sites is 1. The van der Waals surface area contributed by atoms with Gasteiger partial charge in [0.2, 0.25) is 0 Å². The largest absolute Gasteiger partial charge is 0.484 e. The Bertz CT molecular complexity index is 829. The Hall–Kier alpha value is -2.34. The number of nitrogens with one attached hydrogen (secondary N) is 1. The zero-order chi connectivity index (χ0) is 18.4. The highest BCUT2D eigenvalue weighted by Crippen LogP contribution is 2.22. The lowest BCUT2D eigenvalue weighted by atomic mass is 9.99. The van der Waals surface area contributed by atoms with Crippen molar-refractivity contribution in [3.8, 4) is 5.75 Å². The van der Waals surface area contributed by atoms with Crippen LogP contribution in [0.5, 0.6) is 5.75 Å². The average molecular weight is 361 g/mol. The van der Waals surface area contributed by atoms with E-state index in [-0.39, 0.29) is 17.2 Å². The van der Waals surface area contributed by atoms with Crippen molar-refractivity contribution in [2.24, 2.45) is 0 Å². The van der Waals surface area contributed by atoms with Crippen molar-refractivity contribution in [1.29, 1.82) is 0 Å². The van der Waals surface area contributed by atoms with E-state index >= 15 is 0 Å². The number of amides is 1. The van der Waals surface area contributed by atoms with Gasteiger partial charge in [0.25, 0.3) is 5.91 Å². The van der Waals surface area contributed by atoms with E-state index in [1.807, 2.05) is 24.3 Å². The van der Waals surface area contributed by atoms with E-state index in [9.17, 15) is 13.2 Å². The summed E-state index contributed by atoms with van der Waals surface area (Å²) in [6, 6.07) is 13.9. The Labute approximate surface area is 148 Å². The van der Waals surface area contributed by atoms with Crippen LogP contribution in [0.2, 0.25) is 0 Å². The Balaban J connectivity index is 1.98. The molecule has 6 heteroatoms. The number of rotatable bonds is 7. The number of sulfone groups is 1. The van der Waals surface area contributed by atoms with Crippen LogP contribution >= 0.6 is 0 Å². The van der Waals surface area contributed by atoms with Gasteiger partial charge in [-0.05, 0) is 42.2 Å². The normalized spacial score (nSPS) is 12.4. The molecule has 0 bridgehead atoms. The minimum Gasteiger partial charge on any atom is -0.484 e. The molecule has 0 saturated carbocycles. The molecular weight excluding hydrogens is 338 g/mol. The van der Waals surface area contributed by atoms with Gasteiger partial charge in [0.05, 0.1) is 10.6 Å². The highest BCUT2D eigenvalue weighted by molar-refractivity contribution is 7.90. The molecule has 0 heterocycles. The second-order valence-corrected chi connectivity index (χ2v) is 7.97. The summed E-state index contributed by atoms with van der Waals surface area (Å²) in [7, 11) is -3.42. The Morgan fingerprint density at radius 3 is 2.36 bits per heavy atom. The zero-order valence-corrected chi connectivity index (χ0v) is 15.5. The average Bonchev–Trinajstić information content (AvgIpc) is 2.59. The maximum Gasteiger partial charge on any atom is 0.262 e. The van der Waals surface area contributed by atoms with Crippen LogP contribution in [0.15, 0.2) is 53.4 Å². The lowest BCUT2D eigenvalue weighted by Gasteiger charge is -2.12. The van der Waals surface area contributed by atoms with Crippen LogP contribution < -0.4 is 10.1 Å². The van der Waals surface area contributed by atoms with Gasteiger partial charge in [0, 0.05) is 6.26 Å². The first-order valence-electron chi connectivity index (χ1n) is 8.13. The number of carbonyl (C=O) groups excluding carboxylic acids is 1. The van der Waals surface area contributed by atoms with Crippen molar-refractivity contribution in [3.63, 3.8) is 0 Å². The molecule has 0 spiro atoms. The number of benzene rings is 2. The van der Waals surface area contributed by atoms with Crippen LogP contribution in [0.25, 0.3) is 0 Å². The number of hydrogen-bond donors (Lipinski definition) is 1. The molecule has 0 aliphatic heterocycles. The fourth-order valence-corrected chi connectivity index (χ4v) is 3.20. The maximum absolute atomic E-state index is 12.1. The van der Waals surface area contributed by atoms with E-state index in [0.717, 1.165) is 12.7 Å². The Kier molecular flexibility index (Phi) is 6.20. The van der Waals surface area contributed by atoms with E-state index in [0.29, 0.717) is 11.7 Å².